The third-order valence-electron chi connectivity index (χ3n) is 9.09. The number of halogens is 2. The minimum atomic E-state index is -1.17. The lowest BCUT2D eigenvalue weighted by Gasteiger charge is -2.31. The Kier molecular flexibility index (Phi) is 14.3. The number of ether oxygens (including phenoxy) is 4. The standard InChI is InChI=1S/C43H51ClFN3O6/c1-43(2,3)28-48-35-21-20-31(44)25-33(35)40(54-38(42(48)50)26-39(49)47-27-30-14-6-8-17-34(30)45)32-16-10-19-37(41(32)52-5)53-24-12-23-46-22-11-15-29-13-7-9-18-36(29)51-4/h6-10,13-14,16-21,25,38,40,46H,11-12,15,22-24,26-28H2,1-5H3,(H,47,49)/t38-,40-/m0/s1. The van der Waals surface area contributed by atoms with E-state index in [4.69, 9.17) is 30.5 Å². The number of carbonyl (C=O) groups excluding carboxylic acids is 2. The van der Waals surface area contributed by atoms with Gasteiger partial charge in [0.2, 0.25) is 5.91 Å². The van der Waals surface area contributed by atoms with Crippen LogP contribution in [0.15, 0.2) is 84.9 Å². The van der Waals surface area contributed by atoms with Gasteiger partial charge in [-0.15, -0.1) is 0 Å². The molecule has 5 rings (SSSR count). The fraction of sp³-hybridized carbons (Fsp3) is 0.395. The maximum Gasteiger partial charge on any atom is 0.256 e. The van der Waals surface area contributed by atoms with E-state index in [0.29, 0.717) is 52.1 Å². The Balaban J connectivity index is 1.33. The molecule has 54 heavy (non-hydrogen) atoms. The number of amides is 2. The molecule has 0 spiro atoms. The lowest BCUT2D eigenvalue weighted by Crippen LogP contribution is -2.45. The first-order chi connectivity index (χ1) is 26.0. The van der Waals surface area contributed by atoms with Gasteiger partial charge >= 0.3 is 0 Å². The Bertz CT molecular complexity index is 1880. The van der Waals surface area contributed by atoms with Gasteiger partial charge in [-0.2, -0.15) is 0 Å². The van der Waals surface area contributed by atoms with Crippen molar-refractivity contribution in [3.8, 4) is 17.2 Å². The Morgan fingerprint density at radius 3 is 2.35 bits per heavy atom. The highest BCUT2D eigenvalue weighted by atomic mass is 35.5. The zero-order valence-corrected chi connectivity index (χ0v) is 32.5. The molecule has 0 saturated carbocycles. The van der Waals surface area contributed by atoms with E-state index in [1.165, 1.54) is 11.6 Å². The smallest absolute Gasteiger partial charge is 0.256 e. The maximum atomic E-state index is 14.4. The molecule has 0 aliphatic carbocycles. The number of methoxy groups -OCH3 is 2. The number of nitrogens with zero attached hydrogens (tertiary/aromatic N) is 1. The first-order valence-electron chi connectivity index (χ1n) is 18.4. The predicted octanol–water partition coefficient (Wildman–Crippen LogP) is 8.06. The van der Waals surface area contributed by atoms with Crippen LogP contribution >= 0.6 is 11.6 Å². The van der Waals surface area contributed by atoms with Crippen LogP contribution in [0.4, 0.5) is 10.1 Å². The van der Waals surface area contributed by atoms with Gasteiger partial charge in [0.1, 0.15) is 23.8 Å². The van der Waals surface area contributed by atoms with Crippen molar-refractivity contribution >= 4 is 29.1 Å². The number of aryl methyl sites for hydroxylation is 1. The summed E-state index contributed by atoms with van der Waals surface area (Å²) in [5.74, 6) is 0.659. The number of para-hydroxylation sites is 2. The molecule has 4 aromatic rings. The van der Waals surface area contributed by atoms with Crippen LogP contribution in [0.25, 0.3) is 0 Å². The number of anilines is 1. The number of hydrogen-bond acceptors (Lipinski definition) is 7. The molecule has 288 valence electrons. The van der Waals surface area contributed by atoms with Crippen LogP contribution in [-0.2, 0) is 27.3 Å². The number of fused-ring (bicyclic) bond motifs is 1. The minimum Gasteiger partial charge on any atom is -0.496 e. The Hall–Kier alpha value is -4.64. The fourth-order valence-electron chi connectivity index (χ4n) is 6.55. The van der Waals surface area contributed by atoms with Crippen molar-refractivity contribution in [1.29, 1.82) is 0 Å². The van der Waals surface area contributed by atoms with Crippen LogP contribution in [-0.4, -0.2) is 58.4 Å². The van der Waals surface area contributed by atoms with Crippen LogP contribution < -0.4 is 29.7 Å². The maximum absolute atomic E-state index is 14.4. The lowest BCUT2D eigenvalue weighted by molar-refractivity contribution is -0.138. The molecule has 0 saturated heterocycles. The molecule has 2 amide bonds. The van der Waals surface area contributed by atoms with Gasteiger partial charge < -0.3 is 34.5 Å². The Labute approximate surface area is 323 Å². The van der Waals surface area contributed by atoms with Crippen molar-refractivity contribution in [2.45, 2.75) is 65.2 Å². The van der Waals surface area contributed by atoms with E-state index < -0.39 is 23.9 Å². The van der Waals surface area contributed by atoms with Crippen LogP contribution in [0, 0.1) is 11.2 Å². The molecule has 4 aromatic carbocycles. The van der Waals surface area contributed by atoms with Crippen LogP contribution in [0.3, 0.4) is 0 Å². The van der Waals surface area contributed by atoms with Crippen molar-refractivity contribution < 1.29 is 32.9 Å². The van der Waals surface area contributed by atoms with Crippen LogP contribution in [0.5, 0.6) is 17.2 Å². The number of hydrogen-bond donors (Lipinski definition) is 2. The van der Waals surface area contributed by atoms with E-state index >= 15 is 0 Å². The molecule has 2 N–H and O–H groups in total. The Morgan fingerprint density at radius 1 is 0.889 bits per heavy atom. The summed E-state index contributed by atoms with van der Waals surface area (Å²) in [5.41, 5.74) is 3.15. The normalized spacial score (nSPS) is 15.7. The highest BCUT2D eigenvalue weighted by molar-refractivity contribution is 6.30. The number of benzene rings is 4. The molecule has 1 aliphatic heterocycles. The average molecular weight is 760 g/mol. The second kappa shape index (κ2) is 19.1. The third-order valence-corrected chi connectivity index (χ3v) is 9.32. The van der Waals surface area contributed by atoms with Crippen molar-refractivity contribution in [1.82, 2.24) is 10.6 Å². The third kappa shape index (κ3) is 10.7. The zero-order chi connectivity index (χ0) is 38.7. The van der Waals surface area contributed by atoms with E-state index in [1.807, 2.05) is 63.2 Å². The van der Waals surface area contributed by atoms with Crippen LogP contribution in [0.1, 0.15) is 68.4 Å². The highest BCUT2D eigenvalue weighted by Gasteiger charge is 2.40. The summed E-state index contributed by atoms with van der Waals surface area (Å²) in [6.07, 6.45) is 0.367. The predicted molar refractivity (Wildman–Crippen MR) is 210 cm³/mol. The largest absolute Gasteiger partial charge is 0.496 e. The molecule has 0 radical (unpaired) electrons. The summed E-state index contributed by atoms with van der Waals surface area (Å²) >= 11 is 6.59. The van der Waals surface area contributed by atoms with Gasteiger partial charge in [-0.1, -0.05) is 80.9 Å². The molecule has 0 aromatic heterocycles. The molecular weight excluding hydrogens is 709 g/mol. The van der Waals surface area contributed by atoms with Crippen molar-refractivity contribution in [2.24, 2.45) is 5.41 Å². The average Bonchev–Trinajstić information content (AvgIpc) is 3.25. The van der Waals surface area contributed by atoms with Gasteiger partial charge in [-0.3, -0.25) is 9.59 Å². The first-order valence-corrected chi connectivity index (χ1v) is 18.8. The molecule has 1 heterocycles. The van der Waals surface area contributed by atoms with E-state index in [1.54, 1.807) is 49.5 Å². The van der Waals surface area contributed by atoms with Crippen molar-refractivity contribution in [3.05, 3.63) is 118 Å². The van der Waals surface area contributed by atoms with Gasteiger partial charge in [0.05, 0.1) is 27.2 Å². The van der Waals surface area contributed by atoms with Gasteiger partial charge in [-0.25, -0.2) is 4.39 Å². The summed E-state index contributed by atoms with van der Waals surface area (Å²) in [6.45, 7) is 8.53. The first kappa shape index (κ1) is 40.5. The fourth-order valence-corrected chi connectivity index (χ4v) is 6.73. The minimum absolute atomic E-state index is 0.0248. The summed E-state index contributed by atoms with van der Waals surface area (Å²) in [6, 6.07) is 25.2. The molecule has 1 aliphatic rings. The summed E-state index contributed by atoms with van der Waals surface area (Å²) in [4.78, 5) is 29.4. The zero-order valence-electron chi connectivity index (χ0n) is 31.8. The molecule has 0 unspecified atom stereocenters. The number of nitrogens with one attached hydrogen (secondary N) is 2. The van der Waals surface area contributed by atoms with Gasteiger partial charge in [0, 0.05) is 40.5 Å². The van der Waals surface area contributed by atoms with E-state index in [9.17, 15) is 14.0 Å². The van der Waals surface area contributed by atoms with Crippen molar-refractivity contribution in [2.75, 3.05) is 45.4 Å². The van der Waals surface area contributed by atoms with Gasteiger partial charge in [-0.05, 0) is 79.7 Å². The summed E-state index contributed by atoms with van der Waals surface area (Å²) < 4.78 is 38.7. The molecule has 9 nitrogen and oxygen atoms in total. The van der Waals surface area contributed by atoms with Crippen molar-refractivity contribution in [3.63, 3.8) is 0 Å². The topological polar surface area (TPSA) is 98.4 Å². The highest BCUT2D eigenvalue weighted by Crippen LogP contribution is 2.45. The number of carbonyl (C=O) groups is 2. The second-order valence-electron chi connectivity index (χ2n) is 14.5. The molecule has 0 fully saturated rings. The van der Waals surface area contributed by atoms with E-state index in [0.717, 1.165) is 38.1 Å². The van der Waals surface area contributed by atoms with E-state index in [2.05, 4.69) is 16.7 Å². The molecule has 11 heteroatoms. The SMILES string of the molecule is COc1ccccc1CCCNCCCOc1cccc([C@@H]2O[C@@H](CC(=O)NCc3ccccc3F)C(=O)N(CC(C)(C)C)c3ccc(Cl)cc32)c1OC. The molecular formula is C43H51ClFN3O6. The summed E-state index contributed by atoms with van der Waals surface area (Å²) in [5, 5.41) is 6.71. The monoisotopic (exact) mass is 759 g/mol. The van der Waals surface area contributed by atoms with Gasteiger partial charge in [0.15, 0.2) is 11.5 Å². The lowest BCUT2D eigenvalue weighted by atomic mass is 9.94. The quantitative estimate of drug-likeness (QED) is 0.105. The second-order valence-corrected chi connectivity index (χ2v) is 14.9. The number of rotatable bonds is 17. The van der Waals surface area contributed by atoms with E-state index in [-0.39, 0.29) is 24.3 Å². The summed E-state index contributed by atoms with van der Waals surface area (Å²) in [7, 11) is 3.26. The molecule has 0 bridgehead atoms. The van der Waals surface area contributed by atoms with Crippen LogP contribution in [0.2, 0.25) is 5.02 Å². The van der Waals surface area contributed by atoms with Gasteiger partial charge in [0.25, 0.3) is 5.91 Å². The Morgan fingerprint density at radius 2 is 1.61 bits per heavy atom. The molecule has 2 atom stereocenters.